The first-order valence-electron chi connectivity index (χ1n) is 8.54. The number of aliphatic hydroxyl groups excluding tert-OH is 1. The summed E-state index contributed by atoms with van der Waals surface area (Å²) in [6.07, 6.45) is 3.33. The maximum absolute atomic E-state index is 9.04. The van der Waals surface area contributed by atoms with Gasteiger partial charge >= 0.3 is 0 Å². The molecule has 1 fully saturated rings. The number of ether oxygens (including phenoxy) is 1. The van der Waals surface area contributed by atoms with Gasteiger partial charge in [-0.3, -0.25) is 0 Å². The Morgan fingerprint density at radius 3 is 2.77 bits per heavy atom. The standard InChI is InChI=1S/C18H30N2O2/c1-2-12-22-17-5-3-4-16(13-17)18(14-19)15-6-8-20(9-7-15)10-11-21/h3-5,13,15,18,21H,2,6-12,14,19H2,1H3. The van der Waals surface area contributed by atoms with E-state index in [-0.39, 0.29) is 6.61 Å². The van der Waals surface area contributed by atoms with Crippen LogP contribution in [0, 0.1) is 5.92 Å². The van der Waals surface area contributed by atoms with Gasteiger partial charge in [0.2, 0.25) is 0 Å². The molecule has 0 aliphatic carbocycles. The molecular weight excluding hydrogens is 276 g/mol. The van der Waals surface area contributed by atoms with Crippen molar-refractivity contribution in [3.63, 3.8) is 0 Å². The predicted octanol–water partition coefficient (Wildman–Crippen LogP) is 2.22. The molecule has 0 spiro atoms. The van der Waals surface area contributed by atoms with Crippen molar-refractivity contribution < 1.29 is 9.84 Å². The smallest absolute Gasteiger partial charge is 0.119 e. The van der Waals surface area contributed by atoms with Crippen molar-refractivity contribution in [2.75, 3.05) is 39.4 Å². The van der Waals surface area contributed by atoms with Gasteiger partial charge in [-0.1, -0.05) is 19.1 Å². The van der Waals surface area contributed by atoms with E-state index in [9.17, 15) is 0 Å². The van der Waals surface area contributed by atoms with Crippen molar-refractivity contribution >= 4 is 0 Å². The maximum Gasteiger partial charge on any atom is 0.119 e. The average Bonchev–Trinajstić information content (AvgIpc) is 2.56. The van der Waals surface area contributed by atoms with E-state index in [0.29, 0.717) is 18.4 Å². The third kappa shape index (κ3) is 4.70. The van der Waals surface area contributed by atoms with Crippen molar-refractivity contribution in [1.82, 2.24) is 4.90 Å². The van der Waals surface area contributed by atoms with Crippen LogP contribution < -0.4 is 10.5 Å². The molecule has 1 aromatic rings. The minimum atomic E-state index is 0.252. The lowest BCUT2D eigenvalue weighted by atomic mass is 9.80. The molecule has 1 aliphatic rings. The van der Waals surface area contributed by atoms with Crippen LogP contribution in [0.3, 0.4) is 0 Å². The lowest BCUT2D eigenvalue weighted by Crippen LogP contribution is -2.38. The minimum absolute atomic E-state index is 0.252. The Morgan fingerprint density at radius 2 is 2.14 bits per heavy atom. The summed E-state index contributed by atoms with van der Waals surface area (Å²) in [6.45, 7) is 6.73. The first kappa shape index (κ1) is 17.3. The van der Waals surface area contributed by atoms with Crippen molar-refractivity contribution in [2.45, 2.75) is 32.1 Å². The number of benzene rings is 1. The van der Waals surface area contributed by atoms with Gasteiger partial charge in [0.15, 0.2) is 0 Å². The van der Waals surface area contributed by atoms with Gasteiger partial charge in [-0.25, -0.2) is 0 Å². The molecule has 124 valence electrons. The molecule has 1 aliphatic heterocycles. The summed E-state index contributed by atoms with van der Waals surface area (Å²) in [4.78, 5) is 2.34. The molecule has 0 radical (unpaired) electrons. The summed E-state index contributed by atoms with van der Waals surface area (Å²) in [7, 11) is 0. The van der Waals surface area contributed by atoms with E-state index in [0.717, 1.165) is 51.3 Å². The molecule has 0 amide bonds. The van der Waals surface area contributed by atoms with E-state index in [1.807, 2.05) is 6.07 Å². The Bertz CT molecular complexity index is 431. The number of aliphatic hydroxyl groups is 1. The van der Waals surface area contributed by atoms with E-state index in [4.69, 9.17) is 15.6 Å². The van der Waals surface area contributed by atoms with Gasteiger partial charge in [0.05, 0.1) is 13.2 Å². The fourth-order valence-corrected chi connectivity index (χ4v) is 3.38. The minimum Gasteiger partial charge on any atom is -0.494 e. The summed E-state index contributed by atoms with van der Waals surface area (Å²) < 4.78 is 5.75. The van der Waals surface area contributed by atoms with Gasteiger partial charge in [0.1, 0.15) is 5.75 Å². The Balaban J connectivity index is 1.99. The van der Waals surface area contributed by atoms with Crippen molar-refractivity contribution in [1.29, 1.82) is 0 Å². The average molecular weight is 306 g/mol. The van der Waals surface area contributed by atoms with Gasteiger partial charge < -0.3 is 20.5 Å². The summed E-state index contributed by atoms with van der Waals surface area (Å²) in [5.41, 5.74) is 7.39. The van der Waals surface area contributed by atoms with Crippen LogP contribution in [-0.4, -0.2) is 49.4 Å². The zero-order chi connectivity index (χ0) is 15.8. The summed E-state index contributed by atoms with van der Waals surface area (Å²) in [5, 5.41) is 9.04. The fraction of sp³-hybridized carbons (Fsp3) is 0.667. The number of hydrogen-bond acceptors (Lipinski definition) is 4. The zero-order valence-corrected chi connectivity index (χ0v) is 13.7. The van der Waals surface area contributed by atoms with Crippen LogP contribution in [0.4, 0.5) is 0 Å². The van der Waals surface area contributed by atoms with Crippen LogP contribution in [0.25, 0.3) is 0 Å². The Kier molecular flexibility index (Phi) is 7.16. The van der Waals surface area contributed by atoms with E-state index >= 15 is 0 Å². The number of nitrogens with two attached hydrogens (primary N) is 1. The summed E-state index contributed by atoms with van der Waals surface area (Å²) in [6, 6.07) is 8.43. The molecule has 0 bridgehead atoms. The van der Waals surface area contributed by atoms with Crippen LogP contribution in [-0.2, 0) is 0 Å². The van der Waals surface area contributed by atoms with E-state index in [1.165, 1.54) is 5.56 Å². The van der Waals surface area contributed by atoms with Crippen molar-refractivity contribution in [3.05, 3.63) is 29.8 Å². The second-order valence-electron chi connectivity index (χ2n) is 6.17. The molecule has 0 aromatic heterocycles. The monoisotopic (exact) mass is 306 g/mol. The highest BCUT2D eigenvalue weighted by Gasteiger charge is 2.26. The lowest BCUT2D eigenvalue weighted by molar-refractivity contribution is 0.138. The normalized spacial score (nSPS) is 18.3. The number of piperidine rings is 1. The quantitative estimate of drug-likeness (QED) is 0.773. The van der Waals surface area contributed by atoms with E-state index in [1.54, 1.807) is 0 Å². The number of hydrogen-bond donors (Lipinski definition) is 2. The van der Waals surface area contributed by atoms with Crippen LogP contribution in [0.1, 0.15) is 37.7 Å². The SMILES string of the molecule is CCCOc1cccc(C(CN)C2CCN(CCO)CC2)c1. The van der Waals surface area contributed by atoms with Crippen LogP contribution >= 0.6 is 0 Å². The Morgan fingerprint density at radius 1 is 1.36 bits per heavy atom. The molecule has 0 saturated carbocycles. The van der Waals surface area contributed by atoms with Gasteiger partial charge in [0, 0.05) is 6.54 Å². The number of β-amino-alcohol motifs (C(OH)–C–C–N with tert-alkyl or cyclic N) is 1. The highest BCUT2D eigenvalue weighted by atomic mass is 16.5. The first-order valence-corrected chi connectivity index (χ1v) is 8.54. The molecule has 1 aromatic carbocycles. The molecule has 1 atom stereocenters. The van der Waals surface area contributed by atoms with Crippen molar-refractivity contribution in [2.24, 2.45) is 11.7 Å². The second-order valence-corrected chi connectivity index (χ2v) is 6.17. The number of likely N-dealkylation sites (tertiary alicyclic amines) is 1. The van der Waals surface area contributed by atoms with Crippen LogP contribution in [0.5, 0.6) is 5.75 Å². The van der Waals surface area contributed by atoms with Crippen LogP contribution in [0.2, 0.25) is 0 Å². The fourth-order valence-electron chi connectivity index (χ4n) is 3.38. The molecule has 3 N–H and O–H groups in total. The highest BCUT2D eigenvalue weighted by molar-refractivity contribution is 5.31. The van der Waals surface area contributed by atoms with E-state index in [2.05, 4.69) is 30.0 Å². The first-order chi connectivity index (χ1) is 10.8. The Labute approximate surface area is 134 Å². The summed E-state index contributed by atoms with van der Waals surface area (Å²) in [5.74, 6) is 1.98. The number of rotatable bonds is 8. The van der Waals surface area contributed by atoms with Crippen molar-refractivity contribution in [3.8, 4) is 5.75 Å². The van der Waals surface area contributed by atoms with E-state index < -0.39 is 0 Å². The molecule has 1 saturated heterocycles. The topological polar surface area (TPSA) is 58.7 Å². The highest BCUT2D eigenvalue weighted by Crippen LogP contribution is 2.33. The van der Waals surface area contributed by atoms with Gasteiger partial charge in [-0.2, -0.15) is 0 Å². The Hall–Kier alpha value is -1.10. The molecule has 22 heavy (non-hydrogen) atoms. The molecule has 1 heterocycles. The third-order valence-electron chi connectivity index (χ3n) is 4.63. The predicted molar refractivity (Wildman–Crippen MR) is 90.3 cm³/mol. The molecule has 1 unspecified atom stereocenters. The molecule has 4 heteroatoms. The second kappa shape index (κ2) is 9.13. The maximum atomic E-state index is 9.04. The lowest BCUT2D eigenvalue weighted by Gasteiger charge is -2.35. The molecular formula is C18H30N2O2. The van der Waals surface area contributed by atoms with Gasteiger partial charge in [0.25, 0.3) is 0 Å². The molecule has 2 rings (SSSR count). The third-order valence-corrected chi connectivity index (χ3v) is 4.63. The van der Waals surface area contributed by atoms with Crippen LogP contribution in [0.15, 0.2) is 24.3 Å². The molecule has 4 nitrogen and oxygen atoms in total. The van der Waals surface area contributed by atoms with Gasteiger partial charge in [-0.15, -0.1) is 0 Å². The van der Waals surface area contributed by atoms with Gasteiger partial charge in [-0.05, 0) is 68.4 Å². The summed E-state index contributed by atoms with van der Waals surface area (Å²) >= 11 is 0. The zero-order valence-electron chi connectivity index (χ0n) is 13.7. The largest absolute Gasteiger partial charge is 0.494 e. The number of nitrogens with zero attached hydrogens (tertiary/aromatic N) is 1.